The molecule has 0 saturated heterocycles. The maximum absolute atomic E-state index is 5.94. The summed E-state index contributed by atoms with van der Waals surface area (Å²) in [7, 11) is 1.93. The van der Waals surface area contributed by atoms with E-state index in [-0.39, 0.29) is 21.1 Å². The number of benzene rings is 2. The van der Waals surface area contributed by atoms with Crippen LogP contribution < -0.4 is 4.52 Å². The first-order chi connectivity index (χ1) is 18.9. The number of pyridine rings is 1. The molecule has 0 aliphatic rings. The zero-order chi connectivity index (χ0) is 29.9. The van der Waals surface area contributed by atoms with Gasteiger partial charge in [0.2, 0.25) is 5.88 Å². The lowest BCUT2D eigenvalue weighted by molar-refractivity contribution is 0.216. The van der Waals surface area contributed by atoms with Crippen LogP contribution in [-0.2, 0) is 20.9 Å². The highest BCUT2D eigenvalue weighted by atomic mass is 35.5. The van der Waals surface area contributed by atoms with Crippen molar-refractivity contribution in [3.63, 3.8) is 0 Å². The molecule has 0 N–H and O–H groups in total. The van der Waals surface area contributed by atoms with E-state index < -0.39 is 6.72 Å². The summed E-state index contributed by atoms with van der Waals surface area (Å²) in [4.78, 5) is 14.8. The van der Waals surface area contributed by atoms with Crippen molar-refractivity contribution < 1.29 is 13.6 Å². The smallest absolute Gasteiger partial charge is 0.381 e. The number of aliphatic imine (C=N–C) groups is 2. The minimum Gasteiger partial charge on any atom is -0.404 e. The number of hydrogen-bond donors (Lipinski definition) is 0. The van der Waals surface area contributed by atoms with E-state index in [1.54, 1.807) is 26.5 Å². The van der Waals surface area contributed by atoms with E-state index in [0.717, 1.165) is 11.4 Å². The molecular weight excluding hydrogens is 610 g/mol. The van der Waals surface area contributed by atoms with Crippen molar-refractivity contribution in [1.82, 2.24) is 9.88 Å². The van der Waals surface area contributed by atoms with E-state index in [9.17, 15) is 0 Å². The van der Waals surface area contributed by atoms with Crippen LogP contribution in [0.1, 0.15) is 36.1 Å². The predicted octanol–water partition coefficient (Wildman–Crippen LogP) is 9.59. The number of rotatable bonds is 10. The van der Waals surface area contributed by atoms with Crippen LogP contribution in [0, 0.1) is 27.7 Å². The first kappa shape index (κ1) is 34.2. The van der Waals surface area contributed by atoms with Crippen LogP contribution in [0.3, 0.4) is 0 Å². The summed E-state index contributed by atoms with van der Waals surface area (Å²) < 4.78 is 16.1. The average Bonchev–Trinajstić information content (AvgIpc) is 2.87. The summed E-state index contributed by atoms with van der Waals surface area (Å²) in [5.74, 6) is 0.0521. The van der Waals surface area contributed by atoms with E-state index in [0.29, 0.717) is 13.2 Å². The Hall–Kier alpha value is -2.03. The van der Waals surface area contributed by atoms with Crippen molar-refractivity contribution in [1.29, 1.82) is 0 Å². The molecule has 3 aromatic rings. The molecule has 1 aromatic heterocycles. The lowest BCUT2D eigenvalue weighted by Gasteiger charge is -2.20. The van der Waals surface area contributed by atoms with Gasteiger partial charge in [-0.1, -0.05) is 70.2 Å². The third-order valence-electron chi connectivity index (χ3n) is 5.09. The van der Waals surface area contributed by atoms with Gasteiger partial charge in [0.1, 0.15) is 5.02 Å². The van der Waals surface area contributed by atoms with Crippen LogP contribution in [-0.4, -0.2) is 42.8 Å². The van der Waals surface area contributed by atoms with E-state index in [1.807, 2.05) is 24.1 Å². The minimum absolute atomic E-state index is 0.0521. The molecular formula is C28H34Cl3N4O3PS. The largest absolute Gasteiger partial charge is 0.404 e. The monoisotopic (exact) mass is 642 g/mol. The molecule has 0 atom stereocenters. The Labute approximate surface area is 257 Å². The lowest BCUT2D eigenvalue weighted by atomic mass is 10.1. The normalized spacial score (nSPS) is 11.6. The Morgan fingerprint density at radius 1 is 0.825 bits per heavy atom. The van der Waals surface area contributed by atoms with Gasteiger partial charge in [-0.25, -0.2) is 9.98 Å². The molecule has 0 bridgehead atoms. The average molecular weight is 644 g/mol. The first-order valence-corrected chi connectivity index (χ1v) is 16.1. The second-order valence-electron chi connectivity index (χ2n) is 8.66. The van der Waals surface area contributed by atoms with Crippen LogP contribution in [0.2, 0.25) is 15.2 Å². The van der Waals surface area contributed by atoms with Gasteiger partial charge in [0.15, 0.2) is 5.15 Å². The summed E-state index contributed by atoms with van der Waals surface area (Å²) >= 11 is 22.7. The Bertz CT molecular complexity index is 1330. The topological polar surface area (TPSA) is 68.5 Å². The molecule has 0 unspecified atom stereocenters. The van der Waals surface area contributed by atoms with Crippen LogP contribution in [0.15, 0.2) is 52.4 Å². The van der Waals surface area contributed by atoms with Crippen LogP contribution in [0.25, 0.3) is 0 Å². The third-order valence-corrected chi connectivity index (χ3v) is 8.43. The van der Waals surface area contributed by atoms with Gasteiger partial charge in [-0.15, -0.1) is 0 Å². The fraction of sp³-hybridized carbons (Fsp3) is 0.321. The van der Waals surface area contributed by atoms with Gasteiger partial charge in [0, 0.05) is 18.9 Å². The molecule has 216 valence electrons. The van der Waals surface area contributed by atoms with Gasteiger partial charge in [-0.05, 0) is 70.9 Å². The number of hydrogen-bond acceptors (Lipinski definition) is 7. The van der Waals surface area contributed by atoms with Crippen molar-refractivity contribution in [2.45, 2.75) is 41.5 Å². The summed E-state index contributed by atoms with van der Waals surface area (Å²) in [6.45, 7) is 9.68. The predicted molar refractivity (Wildman–Crippen MR) is 173 cm³/mol. The van der Waals surface area contributed by atoms with E-state index in [1.165, 1.54) is 28.3 Å². The summed E-state index contributed by atoms with van der Waals surface area (Å²) in [6, 6.07) is 13.9. The van der Waals surface area contributed by atoms with Crippen molar-refractivity contribution >= 4 is 77.4 Å². The van der Waals surface area contributed by atoms with Crippen molar-refractivity contribution in [2.24, 2.45) is 9.98 Å². The van der Waals surface area contributed by atoms with Gasteiger partial charge in [0.25, 0.3) is 0 Å². The van der Waals surface area contributed by atoms with Crippen molar-refractivity contribution in [3.8, 4) is 5.88 Å². The standard InChI is InChI=1S/C19H23N3.C9H11Cl3NO3PS/c1-14-6-8-18(16(3)10-14)20-12-22(5)13-21-19-9-7-15(2)11-17(19)4;1-3-14-17(18,15-4-2)16-9-7(11)5-6(10)8(12)13-9/h6-13H,1-5H3;5H,3-4H2,1-2H3. The highest BCUT2D eigenvalue weighted by Gasteiger charge is 2.24. The van der Waals surface area contributed by atoms with Crippen molar-refractivity contribution in [3.05, 3.63) is 79.9 Å². The maximum Gasteiger partial charge on any atom is 0.381 e. The van der Waals surface area contributed by atoms with Crippen LogP contribution >= 0.6 is 41.5 Å². The number of aryl methyl sites for hydroxylation is 4. The van der Waals surface area contributed by atoms with Gasteiger partial charge in [-0.2, -0.15) is 4.98 Å². The van der Waals surface area contributed by atoms with Gasteiger partial charge in [0.05, 0.1) is 42.3 Å². The minimum atomic E-state index is -2.92. The first-order valence-electron chi connectivity index (χ1n) is 12.4. The Kier molecular flexibility index (Phi) is 14.0. The fourth-order valence-electron chi connectivity index (χ4n) is 3.24. The molecule has 7 nitrogen and oxygen atoms in total. The second-order valence-corrected chi connectivity index (χ2v) is 12.8. The second kappa shape index (κ2) is 16.4. The zero-order valence-corrected chi connectivity index (χ0v) is 27.6. The number of aromatic nitrogens is 1. The van der Waals surface area contributed by atoms with Crippen molar-refractivity contribution in [2.75, 3.05) is 20.3 Å². The Balaban J connectivity index is 0.000000286. The molecule has 1 heterocycles. The molecule has 3 rings (SSSR count). The Morgan fingerprint density at radius 3 is 1.73 bits per heavy atom. The summed E-state index contributed by atoms with van der Waals surface area (Å²) in [6.07, 6.45) is 3.56. The molecule has 0 aliphatic heterocycles. The van der Waals surface area contributed by atoms with Crippen LogP contribution in [0.4, 0.5) is 11.4 Å². The lowest BCUT2D eigenvalue weighted by Crippen LogP contribution is -2.12. The SMILES string of the molecule is CCOP(=S)(OCC)Oc1nc(Cl)c(Cl)cc1Cl.Cc1ccc(N=CN(C)C=Nc2ccc(C)cc2C)c(C)c1. The molecule has 0 spiro atoms. The maximum atomic E-state index is 5.94. The molecule has 2 aromatic carbocycles. The van der Waals surface area contributed by atoms with E-state index in [2.05, 4.69) is 66.9 Å². The van der Waals surface area contributed by atoms with Gasteiger partial charge in [-0.3, -0.25) is 9.05 Å². The van der Waals surface area contributed by atoms with Crippen LogP contribution in [0.5, 0.6) is 5.88 Å². The quantitative estimate of drug-likeness (QED) is 0.0949. The number of halogens is 3. The zero-order valence-electron chi connectivity index (χ0n) is 23.6. The third kappa shape index (κ3) is 11.1. The summed E-state index contributed by atoms with van der Waals surface area (Å²) in [5, 5.41) is 0.499. The Morgan fingerprint density at radius 2 is 1.30 bits per heavy atom. The number of nitrogens with zero attached hydrogens (tertiary/aromatic N) is 4. The molecule has 0 fully saturated rings. The van der Waals surface area contributed by atoms with Gasteiger partial charge < -0.3 is 9.42 Å². The van der Waals surface area contributed by atoms with Gasteiger partial charge >= 0.3 is 6.72 Å². The molecule has 0 aliphatic carbocycles. The molecule has 0 radical (unpaired) electrons. The molecule has 0 amide bonds. The summed E-state index contributed by atoms with van der Waals surface area (Å²) in [5.41, 5.74) is 6.82. The molecule has 0 saturated carbocycles. The fourth-order valence-corrected chi connectivity index (χ4v) is 5.83. The molecule has 40 heavy (non-hydrogen) atoms. The van der Waals surface area contributed by atoms with E-state index >= 15 is 0 Å². The highest BCUT2D eigenvalue weighted by molar-refractivity contribution is 8.07. The van der Waals surface area contributed by atoms with E-state index in [4.69, 9.17) is 60.2 Å². The molecule has 12 heteroatoms. The highest BCUT2D eigenvalue weighted by Crippen LogP contribution is 2.51.